The summed E-state index contributed by atoms with van der Waals surface area (Å²) in [6, 6.07) is 9.63. The smallest absolute Gasteiger partial charge is 0.545 e. The van der Waals surface area contributed by atoms with E-state index in [0.29, 0.717) is 26.5 Å². The number of aromatic hydroxyl groups is 1. The molecule has 1 N–H and O–H groups in total. The van der Waals surface area contributed by atoms with E-state index in [9.17, 15) is 19.8 Å². The largest absolute Gasteiger partial charge is 1.00 e. The molecule has 10 heteroatoms. The summed E-state index contributed by atoms with van der Waals surface area (Å²) in [7, 11) is 0. The van der Waals surface area contributed by atoms with Gasteiger partial charge in [-0.05, 0) is 81.4 Å². The summed E-state index contributed by atoms with van der Waals surface area (Å²) in [5, 5.41) is 22.6. The van der Waals surface area contributed by atoms with E-state index in [-0.39, 0.29) is 71.1 Å². The van der Waals surface area contributed by atoms with Crippen LogP contribution in [0, 0.1) is 0 Å². The van der Waals surface area contributed by atoms with Crippen molar-refractivity contribution in [3.63, 3.8) is 0 Å². The van der Waals surface area contributed by atoms with E-state index in [2.05, 4.69) is 63.7 Å². The maximum Gasteiger partial charge on any atom is 1.00 e. The molecule has 2 aromatic rings. The summed E-state index contributed by atoms with van der Waals surface area (Å²) in [4.78, 5) is 24.2. The fourth-order valence-electron chi connectivity index (χ4n) is 3.16. The Kier molecular flexibility index (Phi) is 7.23. The van der Waals surface area contributed by atoms with Crippen LogP contribution in [-0.4, -0.2) is 11.1 Å². The number of benzene rings is 3. The van der Waals surface area contributed by atoms with Gasteiger partial charge in [0.1, 0.15) is 14.7 Å². The van der Waals surface area contributed by atoms with Crippen LogP contribution in [0.1, 0.15) is 10.4 Å². The van der Waals surface area contributed by atoms with E-state index in [4.69, 9.17) is 4.42 Å². The molecule has 4 rings (SSSR count). The molecule has 0 atom stereocenters. The quantitative estimate of drug-likeness (QED) is 0.262. The predicted octanol–water partition coefficient (Wildman–Crippen LogP) is 2.69. The number of carboxylic acids is 1. The van der Waals surface area contributed by atoms with Crippen molar-refractivity contribution >= 4 is 80.7 Å². The zero-order valence-corrected chi connectivity index (χ0v) is 23.4. The average Bonchev–Trinajstić information content (AvgIpc) is 2.69. The Morgan fingerprint density at radius 2 is 1.63 bits per heavy atom. The SMILES string of the molecule is O=C([O-])c1ccccc1-c1c2cc(Br)c(=O)c(Br)c-2oc2c(Br)c(O)c(Br)cc12.[Na+]. The van der Waals surface area contributed by atoms with Crippen molar-refractivity contribution in [1.82, 2.24) is 0 Å². The Bertz CT molecular complexity index is 1370. The van der Waals surface area contributed by atoms with Crippen LogP contribution in [0.25, 0.3) is 33.4 Å². The number of rotatable bonds is 2. The molecule has 0 spiro atoms. The number of phenolic OH excluding ortho intramolecular Hbond substituents is 1. The van der Waals surface area contributed by atoms with Gasteiger partial charge < -0.3 is 19.4 Å². The summed E-state index contributed by atoms with van der Waals surface area (Å²) >= 11 is 13.2. The van der Waals surface area contributed by atoms with Crippen LogP contribution < -0.4 is 40.1 Å². The number of hydrogen-bond donors (Lipinski definition) is 1. The van der Waals surface area contributed by atoms with Crippen molar-refractivity contribution in [1.29, 1.82) is 0 Å². The zero-order valence-electron chi connectivity index (χ0n) is 15.1. The molecule has 0 aromatic heterocycles. The van der Waals surface area contributed by atoms with Gasteiger partial charge in [0, 0.05) is 22.1 Å². The minimum Gasteiger partial charge on any atom is -0.545 e. The van der Waals surface area contributed by atoms with Crippen molar-refractivity contribution in [2.75, 3.05) is 0 Å². The van der Waals surface area contributed by atoms with E-state index in [1.807, 2.05) is 0 Å². The number of halogens is 4. The molecular formula is C20H7Br4NaO5. The molecule has 0 saturated carbocycles. The zero-order chi connectivity index (χ0) is 21.0. The van der Waals surface area contributed by atoms with Crippen LogP contribution in [0.15, 0.2) is 63.5 Å². The van der Waals surface area contributed by atoms with Gasteiger partial charge in [0.15, 0.2) is 11.3 Å². The molecular weight excluding hydrogens is 663 g/mol. The van der Waals surface area contributed by atoms with Crippen molar-refractivity contribution < 1.29 is 49.0 Å². The van der Waals surface area contributed by atoms with Gasteiger partial charge in [0.05, 0.1) is 14.9 Å². The van der Waals surface area contributed by atoms with Gasteiger partial charge in [-0.15, -0.1) is 0 Å². The predicted molar refractivity (Wildman–Crippen MR) is 121 cm³/mol. The Labute approximate surface area is 225 Å². The minimum atomic E-state index is -1.34. The number of phenols is 1. The van der Waals surface area contributed by atoms with Gasteiger partial charge in [-0.25, -0.2) is 0 Å². The normalized spacial score (nSPS) is 10.9. The average molecular weight is 670 g/mol. The molecule has 1 aliphatic carbocycles. The summed E-state index contributed by atoms with van der Waals surface area (Å²) in [5.41, 5.74) is 1.33. The molecule has 30 heavy (non-hydrogen) atoms. The first-order valence-electron chi connectivity index (χ1n) is 7.98. The summed E-state index contributed by atoms with van der Waals surface area (Å²) in [6.45, 7) is 0. The maximum atomic E-state index is 12.4. The fraction of sp³-hybridized carbons (Fsp3) is 0. The second kappa shape index (κ2) is 9.05. The van der Waals surface area contributed by atoms with Crippen molar-refractivity contribution in [3.8, 4) is 28.2 Å². The second-order valence-electron chi connectivity index (χ2n) is 6.09. The number of carbonyl (C=O) groups excluding carboxylic acids is 1. The van der Waals surface area contributed by atoms with Crippen molar-refractivity contribution in [2.24, 2.45) is 0 Å². The third-order valence-electron chi connectivity index (χ3n) is 4.44. The van der Waals surface area contributed by atoms with Crippen LogP contribution in [0.5, 0.6) is 5.75 Å². The number of carbonyl (C=O) groups is 1. The van der Waals surface area contributed by atoms with Gasteiger partial charge in [-0.1, -0.05) is 24.3 Å². The number of hydrogen-bond acceptors (Lipinski definition) is 5. The van der Waals surface area contributed by atoms with Crippen LogP contribution in [0.2, 0.25) is 0 Å². The molecule has 0 amide bonds. The molecule has 146 valence electrons. The van der Waals surface area contributed by atoms with E-state index >= 15 is 0 Å². The van der Waals surface area contributed by atoms with Crippen LogP contribution in [0.3, 0.4) is 0 Å². The monoisotopic (exact) mass is 666 g/mol. The molecule has 0 fully saturated rings. The van der Waals surface area contributed by atoms with Crippen molar-refractivity contribution in [2.45, 2.75) is 0 Å². The first kappa shape index (κ1) is 24.0. The Balaban J connectivity index is 0.00000256. The number of aromatic carboxylic acids is 1. The molecule has 0 unspecified atom stereocenters. The van der Waals surface area contributed by atoms with Crippen LogP contribution in [-0.2, 0) is 0 Å². The molecule has 0 saturated heterocycles. The van der Waals surface area contributed by atoms with E-state index < -0.39 is 5.97 Å². The van der Waals surface area contributed by atoms with Gasteiger partial charge in [0.25, 0.3) is 0 Å². The molecule has 2 aliphatic rings. The van der Waals surface area contributed by atoms with Gasteiger partial charge >= 0.3 is 29.6 Å². The molecule has 2 aromatic carbocycles. The minimum absolute atomic E-state index is 0. The first-order valence-corrected chi connectivity index (χ1v) is 11.2. The standard InChI is InChI=1S/C20H8Br4O5.Na/c21-11-5-9-13(7-3-1-2-4-8(7)20(27)28)10-6-12(22)17(26)15(24)19(10)29-18(9)14(23)16(11)25;/h1-6,25H,(H,27,28);/q;+1/p-1. The molecule has 1 heterocycles. The Morgan fingerprint density at radius 1 is 0.967 bits per heavy atom. The summed E-state index contributed by atoms with van der Waals surface area (Å²) in [6.07, 6.45) is 0. The topological polar surface area (TPSA) is 90.6 Å². The van der Waals surface area contributed by atoms with Gasteiger partial charge in [0.2, 0.25) is 5.43 Å². The first-order chi connectivity index (χ1) is 13.7. The van der Waals surface area contributed by atoms with Crippen LogP contribution in [0.4, 0.5) is 0 Å². The Morgan fingerprint density at radius 3 is 2.30 bits per heavy atom. The number of fused-ring (bicyclic) bond motifs is 2. The van der Waals surface area contributed by atoms with E-state index in [0.717, 1.165) is 0 Å². The second-order valence-corrected chi connectivity index (χ2v) is 9.38. The van der Waals surface area contributed by atoms with Gasteiger partial charge in [-0.3, -0.25) is 4.79 Å². The van der Waals surface area contributed by atoms with E-state index in [1.165, 1.54) is 6.07 Å². The molecule has 0 radical (unpaired) electrons. The fourth-order valence-corrected chi connectivity index (χ4v) is 5.57. The Hall–Kier alpha value is -0.680. The van der Waals surface area contributed by atoms with Gasteiger partial charge in [-0.2, -0.15) is 0 Å². The number of carboxylic acid groups (broad SMARTS) is 1. The third kappa shape index (κ3) is 3.83. The molecule has 0 bridgehead atoms. The van der Waals surface area contributed by atoms with E-state index in [1.54, 1.807) is 30.3 Å². The third-order valence-corrected chi connectivity index (χ3v) is 7.09. The summed E-state index contributed by atoms with van der Waals surface area (Å²) < 4.78 is 7.09. The molecule has 1 aliphatic heterocycles. The van der Waals surface area contributed by atoms with Crippen molar-refractivity contribution in [3.05, 3.63) is 70.1 Å². The summed E-state index contributed by atoms with van der Waals surface area (Å²) in [5.74, 6) is -1.20. The maximum absolute atomic E-state index is 12.4. The van der Waals surface area contributed by atoms with Crippen LogP contribution >= 0.6 is 63.7 Å². The molecule has 5 nitrogen and oxygen atoms in total.